The molecule has 0 atom stereocenters. The topological polar surface area (TPSA) is 58.4 Å². The zero-order valence-corrected chi connectivity index (χ0v) is 12.6. The molecule has 0 spiro atoms. The van der Waals surface area contributed by atoms with Crippen molar-refractivity contribution < 1.29 is 4.92 Å². The molecule has 0 amide bonds. The summed E-state index contributed by atoms with van der Waals surface area (Å²) in [5, 5.41) is 13.9. The van der Waals surface area contributed by atoms with Gasteiger partial charge in [-0.25, -0.2) is 0 Å². The Bertz CT molecular complexity index is 419. The Morgan fingerprint density at radius 2 is 1.90 bits per heavy atom. The lowest BCUT2D eigenvalue weighted by molar-refractivity contribution is -0.384. The minimum atomic E-state index is -0.356. The summed E-state index contributed by atoms with van der Waals surface area (Å²) in [4.78, 5) is 12.6. The van der Waals surface area contributed by atoms with Crippen LogP contribution >= 0.6 is 12.4 Å². The van der Waals surface area contributed by atoms with Gasteiger partial charge in [0.1, 0.15) is 0 Å². The molecule has 0 radical (unpaired) electrons. The first-order valence-electron chi connectivity index (χ1n) is 6.81. The van der Waals surface area contributed by atoms with Crippen LogP contribution in [-0.4, -0.2) is 42.5 Å². The van der Waals surface area contributed by atoms with Gasteiger partial charge >= 0.3 is 0 Å². The highest BCUT2D eigenvalue weighted by Gasteiger charge is 2.17. The lowest BCUT2D eigenvalue weighted by Gasteiger charge is -2.31. The van der Waals surface area contributed by atoms with Gasteiger partial charge in [0, 0.05) is 24.7 Å². The standard InChI is InChI=1S/C14H21N3O2.ClH/c1-16(13-6-9-15-10-7-13)11-8-12-2-4-14(5-3-12)17(18)19;/h2-5,13,15H,6-11H2,1H3;1H. The number of nitrogens with zero attached hydrogens (tertiary/aromatic N) is 2. The van der Waals surface area contributed by atoms with E-state index < -0.39 is 0 Å². The van der Waals surface area contributed by atoms with Crippen LogP contribution in [0.25, 0.3) is 0 Å². The van der Waals surface area contributed by atoms with Crippen LogP contribution in [0.2, 0.25) is 0 Å². The fourth-order valence-electron chi connectivity index (χ4n) is 2.52. The molecular formula is C14H22ClN3O2. The Hall–Kier alpha value is -1.17. The Morgan fingerprint density at radius 1 is 1.30 bits per heavy atom. The summed E-state index contributed by atoms with van der Waals surface area (Å²) in [5.41, 5.74) is 1.32. The summed E-state index contributed by atoms with van der Waals surface area (Å²) in [6, 6.07) is 7.54. The summed E-state index contributed by atoms with van der Waals surface area (Å²) in [6.45, 7) is 3.21. The van der Waals surface area contributed by atoms with Crippen molar-refractivity contribution in [1.29, 1.82) is 0 Å². The van der Waals surface area contributed by atoms with Crippen molar-refractivity contribution in [2.75, 3.05) is 26.7 Å². The largest absolute Gasteiger partial charge is 0.317 e. The van der Waals surface area contributed by atoms with Crippen molar-refractivity contribution in [2.24, 2.45) is 0 Å². The third kappa shape index (κ3) is 4.74. The van der Waals surface area contributed by atoms with Crippen LogP contribution < -0.4 is 5.32 Å². The van der Waals surface area contributed by atoms with E-state index in [4.69, 9.17) is 0 Å². The molecule has 0 saturated carbocycles. The van der Waals surface area contributed by atoms with E-state index in [1.54, 1.807) is 12.1 Å². The summed E-state index contributed by atoms with van der Waals surface area (Å²) >= 11 is 0. The van der Waals surface area contributed by atoms with Crippen molar-refractivity contribution in [2.45, 2.75) is 25.3 Å². The highest BCUT2D eigenvalue weighted by Crippen LogP contribution is 2.14. The van der Waals surface area contributed by atoms with Gasteiger partial charge in [-0.2, -0.15) is 0 Å². The fraction of sp³-hybridized carbons (Fsp3) is 0.571. The number of nitrogens with one attached hydrogen (secondary N) is 1. The molecule has 2 rings (SSSR count). The first-order chi connectivity index (χ1) is 9.16. The highest BCUT2D eigenvalue weighted by molar-refractivity contribution is 5.85. The quantitative estimate of drug-likeness (QED) is 0.669. The second-order valence-corrected chi connectivity index (χ2v) is 5.14. The van der Waals surface area contributed by atoms with Crippen LogP contribution in [0.3, 0.4) is 0 Å². The second-order valence-electron chi connectivity index (χ2n) is 5.14. The summed E-state index contributed by atoms with van der Waals surface area (Å²) in [5.74, 6) is 0. The van der Waals surface area contributed by atoms with Gasteiger partial charge < -0.3 is 10.2 Å². The maximum atomic E-state index is 10.6. The SMILES string of the molecule is CN(CCc1ccc([N+](=O)[O-])cc1)C1CCNCC1.Cl. The predicted octanol–water partition coefficient (Wildman–Crippen LogP) is 2.24. The van der Waals surface area contributed by atoms with E-state index in [2.05, 4.69) is 17.3 Å². The molecule has 0 bridgehead atoms. The molecule has 1 aromatic rings. The van der Waals surface area contributed by atoms with E-state index in [1.165, 1.54) is 12.8 Å². The predicted molar refractivity (Wildman–Crippen MR) is 82.6 cm³/mol. The molecule has 1 saturated heterocycles. The lowest BCUT2D eigenvalue weighted by Crippen LogP contribution is -2.41. The Labute approximate surface area is 125 Å². The van der Waals surface area contributed by atoms with E-state index in [9.17, 15) is 10.1 Å². The van der Waals surface area contributed by atoms with Gasteiger partial charge in [0.25, 0.3) is 5.69 Å². The summed E-state index contributed by atoms with van der Waals surface area (Å²) < 4.78 is 0. The van der Waals surface area contributed by atoms with Gasteiger partial charge in [-0.3, -0.25) is 10.1 Å². The minimum Gasteiger partial charge on any atom is -0.317 e. The van der Waals surface area contributed by atoms with Gasteiger partial charge in [-0.15, -0.1) is 12.4 Å². The lowest BCUT2D eigenvalue weighted by atomic mass is 10.0. The van der Waals surface area contributed by atoms with E-state index >= 15 is 0 Å². The van der Waals surface area contributed by atoms with Gasteiger partial charge in [0.15, 0.2) is 0 Å². The molecule has 1 aromatic carbocycles. The third-order valence-electron chi connectivity index (χ3n) is 3.83. The molecular weight excluding hydrogens is 278 g/mol. The molecule has 1 heterocycles. The van der Waals surface area contributed by atoms with Gasteiger partial charge in [-0.05, 0) is 45.0 Å². The molecule has 1 N–H and O–H groups in total. The van der Waals surface area contributed by atoms with Crippen molar-refractivity contribution in [1.82, 2.24) is 10.2 Å². The van der Waals surface area contributed by atoms with Crippen molar-refractivity contribution >= 4 is 18.1 Å². The maximum Gasteiger partial charge on any atom is 0.269 e. The van der Waals surface area contributed by atoms with Gasteiger partial charge in [0.2, 0.25) is 0 Å². The number of piperidine rings is 1. The number of nitro groups is 1. The zero-order chi connectivity index (χ0) is 13.7. The van der Waals surface area contributed by atoms with Crippen LogP contribution in [0.15, 0.2) is 24.3 Å². The Morgan fingerprint density at radius 3 is 2.45 bits per heavy atom. The number of likely N-dealkylation sites (N-methyl/N-ethyl adjacent to an activating group) is 1. The van der Waals surface area contributed by atoms with Crippen molar-refractivity contribution in [3.63, 3.8) is 0 Å². The first kappa shape index (κ1) is 16.9. The average Bonchev–Trinajstić information content (AvgIpc) is 2.46. The van der Waals surface area contributed by atoms with E-state index in [-0.39, 0.29) is 23.0 Å². The fourth-order valence-corrected chi connectivity index (χ4v) is 2.52. The van der Waals surface area contributed by atoms with Crippen LogP contribution in [0.1, 0.15) is 18.4 Å². The number of benzene rings is 1. The third-order valence-corrected chi connectivity index (χ3v) is 3.83. The molecule has 1 aliphatic heterocycles. The zero-order valence-electron chi connectivity index (χ0n) is 11.7. The molecule has 0 aromatic heterocycles. The van der Waals surface area contributed by atoms with Crippen LogP contribution in [0.5, 0.6) is 0 Å². The number of hydrogen-bond acceptors (Lipinski definition) is 4. The smallest absolute Gasteiger partial charge is 0.269 e. The highest BCUT2D eigenvalue weighted by atomic mass is 35.5. The molecule has 20 heavy (non-hydrogen) atoms. The number of halogens is 1. The normalized spacial score (nSPS) is 15.9. The van der Waals surface area contributed by atoms with Crippen molar-refractivity contribution in [3.8, 4) is 0 Å². The number of rotatable bonds is 5. The average molecular weight is 300 g/mol. The molecule has 6 heteroatoms. The van der Waals surface area contributed by atoms with Crippen LogP contribution in [-0.2, 0) is 6.42 Å². The molecule has 1 aliphatic rings. The maximum absolute atomic E-state index is 10.6. The minimum absolute atomic E-state index is 0. The van der Waals surface area contributed by atoms with Gasteiger partial charge in [-0.1, -0.05) is 12.1 Å². The van der Waals surface area contributed by atoms with E-state index in [0.29, 0.717) is 6.04 Å². The molecule has 1 fully saturated rings. The van der Waals surface area contributed by atoms with E-state index in [0.717, 1.165) is 31.6 Å². The first-order valence-corrected chi connectivity index (χ1v) is 6.81. The summed E-state index contributed by atoms with van der Waals surface area (Å²) in [6.07, 6.45) is 3.35. The molecule has 5 nitrogen and oxygen atoms in total. The van der Waals surface area contributed by atoms with Crippen LogP contribution in [0.4, 0.5) is 5.69 Å². The molecule has 0 aliphatic carbocycles. The Balaban J connectivity index is 0.00000200. The Kier molecular flexibility index (Phi) is 6.91. The monoisotopic (exact) mass is 299 g/mol. The summed E-state index contributed by atoms with van der Waals surface area (Å²) in [7, 11) is 2.17. The van der Waals surface area contributed by atoms with Crippen molar-refractivity contribution in [3.05, 3.63) is 39.9 Å². The van der Waals surface area contributed by atoms with E-state index in [1.807, 2.05) is 12.1 Å². The number of non-ortho nitro benzene ring substituents is 1. The molecule has 0 unspecified atom stereocenters. The number of hydrogen-bond donors (Lipinski definition) is 1. The van der Waals surface area contributed by atoms with Gasteiger partial charge in [0.05, 0.1) is 4.92 Å². The second kappa shape index (κ2) is 8.19. The number of nitro benzene ring substituents is 1. The molecule has 112 valence electrons. The van der Waals surface area contributed by atoms with Crippen LogP contribution in [0, 0.1) is 10.1 Å².